The summed E-state index contributed by atoms with van der Waals surface area (Å²) in [5, 5.41) is -0.850. The number of hydrogen-bond acceptors (Lipinski definition) is 3. The van der Waals surface area contributed by atoms with Crippen LogP contribution in [0.15, 0.2) is 6.07 Å². The number of rotatable bonds is 3. The molecule has 0 unspecified atom stereocenters. The third-order valence-electron chi connectivity index (χ3n) is 1.60. The highest BCUT2D eigenvalue weighted by molar-refractivity contribution is 6.31. The van der Waals surface area contributed by atoms with Crippen LogP contribution in [0, 0.1) is 0 Å². The lowest BCUT2D eigenvalue weighted by molar-refractivity contribution is -0.275. The van der Waals surface area contributed by atoms with Gasteiger partial charge in [0.05, 0.1) is 12.7 Å². The number of ether oxygens (including phenoxy) is 2. The van der Waals surface area contributed by atoms with E-state index in [2.05, 4.69) is 14.5 Å². The van der Waals surface area contributed by atoms with Crippen molar-refractivity contribution in [2.45, 2.75) is 12.8 Å². The first-order valence-corrected chi connectivity index (χ1v) is 4.40. The highest BCUT2D eigenvalue weighted by Crippen LogP contribution is 2.39. The Morgan fingerprint density at radius 3 is 2.35 bits per heavy atom. The predicted octanol–water partition coefficient (Wildman–Crippen LogP) is 3.58. The van der Waals surface area contributed by atoms with Gasteiger partial charge in [-0.2, -0.15) is 4.98 Å². The summed E-state index contributed by atoms with van der Waals surface area (Å²) in [6, 6.07) is 0.623. The average molecular weight is 278 g/mol. The van der Waals surface area contributed by atoms with Crippen LogP contribution in [0.4, 0.5) is 22.0 Å². The maximum absolute atomic E-state index is 12.5. The molecule has 1 aromatic heterocycles. The standard InChI is InChI=1S/C8H5ClF5NO2/c1-16-4-2-3(7(10)11)5(6(9)15-4)17-8(12,13)14/h2,7H,1H3. The van der Waals surface area contributed by atoms with Crippen molar-refractivity contribution in [1.29, 1.82) is 0 Å². The fourth-order valence-corrected chi connectivity index (χ4v) is 1.21. The molecule has 0 spiro atoms. The molecule has 0 N–H and O–H groups in total. The summed E-state index contributed by atoms with van der Waals surface area (Å²) in [5.41, 5.74) is -1.04. The molecule has 0 radical (unpaired) electrons. The number of aromatic nitrogens is 1. The third-order valence-corrected chi connectivity index (χ3v) is 1.86. The van der Waals surface area contributed by atoms with Crippen LogP contribution >= 0.6 is 11.6 Å². The van der Waals surface area contributed by atoms with E-state index < -0.39 is 29.3 Å². The second kappa shape index (κ2) is 4.91. The highest BCUT2D eigenvalue weighted by atomic mass is 35.5. The second-order valence-electron chi connectivity index (χ2n) is 2.72. The Labute approximate surface area is 97.1 Å². The van der Waals surface area contributed by atoms with Crippen LogP contribution in [0.1, 0.15) is 12.0 Å². The zero-order valence-corrected chi connectivity index (χ0v) is 8.94. The maximum Gasteiger partial charge on any atom is 0.573 e. The van der Waals surface area contributed by atoms with Gasteiger partial charge in [-0.3, -0.25) is 0 Å². The Morgan fingerprint density at radius 1 is 1.35 bits per heavy atom. The molecule has 1 aromatic rings. The largest absolute Gasteiger partial charge is 0.573 e. The quantitative estimate of drug-likeness (QED) is 0.625. The van der Waals surface area contributed by atoms with Crippen LogP contribution in [0.5, 0.6) is 11.6 Å². The normalized spacial score (nSPS) is 11.8. The van der Waals surface area contributed by atoms with E-state index in [0.29, 0.717) is 6.07 Å². The summed E-state index contributed by atoms with van der Waals surface area (Å²) in [4.78, 5) is 3.30. The molecule has 0 aliphatic carbocycles. The summed E-state index contributed by atoms with van der Waals surface area (Å²) in [6.07, 6.45) is -8.34. The smallest absolute Gasteiger partial charge is 0.481 e. The molecule has 17 heavy (non-hydrogen) atoms. The van der Waals surface area contributed by atoms with Crippen molar-refractivity contribution in [2.75, 3.05) is 7.11 Å². The molecule has 0 saturated carbocycles. The molecule has 0 amide bonds. The molecular weight excluding hydrogens is 273 g/mol. The molecule has 0 saturated heterocycles. The zero-order valence-electron chi connectivity index (χ0n) is 8.19. The topological polar surface area (TPSA) is 31.4 Å². The molecule has 1 rings (SSSR count). The van der Waals surface area contributed by atoms with Crippen LogP contribution in [0.25, 0.3) is 0 Å². The molecule has 0 aliphatic heterocycles. The second-order valence-corrected chi connectivity index (χ2v) is 3.08. The maximum atomic E-state index is 12.5. The monoisotopic (exact) mass is 277 g/mol. The molecule has 96 valence electrons. The van der Waals surface area contributed by atoms with Gasteiger partial charge in [-0.15, -0.1) is 13.2 Å². The van der Waals surface area contributed by atoms with Gasteiger partial charge in [-0.05, 0) is 0 Å². The van der Waals surface area contributed by atoms with Gasteiger partial charge < -0.3 is 9.47 Å². The van der Waals surface area contributed by atoms with Crippen LogP contribution in [-0.4, -0.2) is 18.5 Å². The summed E-state index contributed by atoms with van der Waals surface area (Å²) < 4.78 is 68.8. The van der Waals surface area contributed by atoms with Crippen LogP contribution in [0.2, 0.25) is 5.15 Å². The van der Waals surface area contributed by atoms with Crippen molar-refractivity contribution in [1.82, 2.24) is 4.98 Å². The SMILES string of the molecule is COc1cc(C(F)F)c(OC(F)(F)F)c(Cl)n1. The fourth-order valence-electron chi connectivity index (χ4n) is 0.981. The van der Waals surface area contributed by atoms with E-state index in [0.717, 1.165) is 7.11 Å². The number of alkyl halides is 5. The average Bonchev–Trinajstić information content (AvgIpc) is 2.18. The Bertz CT molecular complexity index is 410. The summed E-state index contributed by atoms with van der Waals surface area (Å²) in [6.45, 7) is 0. The molecule has 3 nitrogen and oxygen atoms in total. The van der Waals surface area contributed by atoms with E-state index in [9.17, 15) is 22.0 Å². The lowest BCUT2D eigenvalue weighted by atomic mass is 10.2. The minimum Gasteiger partial charge on any atom is -0.481 e. The highest BCUT2D eigenvalue weighted by Gasteiger charge is 2.35. The van der Waals surface area contributed by atoms with Gasteiger partial charge >= 0.3 is 6.36 Å². The first-order valence-electron chi connectivity index (χ1n) is 4.03. The Kier molecular flexibility index (Phi) is 3.97. The van der Waals surface area contributed by atoms with E-state index >= 15 is 0 Å². The summed E-state index contributed by atoms with van der Waals surface area (Å²) in [5.74, 6) is -1.56. The van der Waals surface area contributed by atoms with E-state index in [-0.39, 0.29) is 5.88 Å². The van der Waals surface area contributed by atoms with Crippen molar-refractivity contribution in [3.63, 3.8) is 0 Å². The van der Waals surface area contributed by atoms with Crippen LogP contribution in [0.3, 0.4) is 0 Å². The van der Waals surface area contributed by atoms with Crippen LogP contribution in [-0.2, 0) is 0 Å². The number of nitrogens with zero attached hydrogens (tertiary/aromatic N) is 1. The Morgan fingerprint density at radius 2 is 1.94 bits per heavy atom. The fraction of sp³-hybridized carbons (Fsp3) is 0.375. The Balaban J connectivity index is 3.27. The van der Waals surface area contributed by atoms with E-state index in [1.54, 1.807) is 0 Å². The molecule has 0 aromatic carbocycles. The van der Waals surface area contributed by atoms with Gasteiger partial charge in [0.15, 0.2) is 10.9 Å². The van der Waals surface area contributed by atoms with Gasteiger partial charge in [-0.25, -0.2) is 8.78 Å². The first kappa shape index (κ1) is 13.8. The summed E-state index contributed by atoms with van der Waals surface area (Å²) in [7, 11) is 1.11. The van der Waals surface area contributed by atoms with Crippen molar-refractivity contribution < 1.29 is 31.4 Å². The zero-order chi connectivity index (χ0) is 13.2. The van der Waals surface area contributed by atoms with Gasteiger partial charge in [0.1, 0.15) is 0 Å². The predicted molar refractivity (Wildman–Crippen MR) is 47.4 cm³/mol. The number of hydrogen-bond donors (Lipinski definition) is 0. The molecule has 9 heteroatoms. The van der Waals surface area contributed by atoms with Gasteiger partial charge in [0, 0.05) is 6.07 Å². The molecule has 0 aliphatic rings. The van der Waals surface area contributed by atoms with E-state index in [1.165, 1.54) is 0 Å². The minimum absolute atomic E-state index is 0.333. The van der Waals surface area contributed by atoms with Crippen molar-refractivity contribution in [3.8, 4) is 11.6 Å². The van der Waals surface area contributed by atoms with Gasteiger partial charge in [0.25, 0.3) is 6.43 Å². The van der Waals surface area contributed by atoms with Crippen LogP contribution < -0.4 is 9.47 Å². The minimum atomic E-state index is -5.14. The number of methoxy groups -OCH3 is 1. The molecule has 0 bridgehead atoms. The third kappa shape index (κ3) is 3.58. The van der Waals surface area contributed by atoms with Gasteiger partial charge in [-0.1, -0.05) is 11.6 Å². The Hall–Kier alpha value is -1.31. The lowest BCUT2D eigenvalue weighted by Crippen LogP contribution is -2.19. The molecule has 0 fully saturated rings. The van der Waals surface area contributed by atoms with Gasteiger partial charge in [0.2, 0.25) is 5.88 Å². The summed E-state index contributed by atoms with van der Waals surface area (Å²) >= 11 is 5.31. The molecule has 0 atom stereocenters. The molecule has 1 heterocycles. The van der Waals surface area contributed by atoms with Crippen molar-refractivity contribution in [2.24, 2.45) is 0 Å². The molecular formula is C8H5ClF5NO2. The lowest BCUT2D eigenvalue weighted by Gasteiger charge is -2.14. The number of halogens is 6. The van der Waals surface area contributed by atoms with Crippen molar-refractivity contribution >= 4 is 11.6 Å². The first-order chi connectivity index (χ1) is 7.74. The van der Waals surface area contributed by atoms with E-state index in [1.807, 2.05) is 0 Å². The van der Waals surface area contributed by atoms with E-state index in [4.69, 9.17) is 11.6 Å². The van der Waals surface area contributed by atoms with Crippen molar-refractivity contribution in [3.05, 3.63) is 16.8 Å². The number of pyridine rings is 1.